The molecule has 8 nitrogen and oxygen atoms in total. The summed E-state index contributed by atoms with van der Waals surface area (Å²) in [6.07, 6.45) is 2.07. The van der Waals surface area contributed by atoms with E-state index in [1.54, 1.807) is 9.36 Å². The minimum Gasteiger partial charge on any atom is -0.347 e. The van der Waals surface area contributed by atoms with Crippen LogP contribution in [0.15, 0.2) is 54.2 Å². The fraction of sp³-hybridized carbons (Fsp3) is 0.276. The number of nitrogens with zero attached hydrogens (tertiary/aromatic N) is 8. The molecule has 6 rings (SSSR count). The zero-order valence-electron chi connectivity index (χ0n) is 22.3. The van der Waals surface area contributed by atoms with E-state index in [2.05, 4.69) is 78.5 Å². The molecule has 37 heavy (non-hydrogen) atoms. The predicted molar refractivity (Wildman–Crippen MR) is 146 cm³/mol. The summed E-state index contributed by atoms with van der Waals surface area (Å²) in [4.78, 5) is 16.7. The second-order valence-electron chi connectivity index (χ2n) is 10.4. The van der Waals surface area contributed by atoms with Gasteiger partial charge in [0, 0.05) is 41.3 Å². The van der Waals surface area contributed by atoms with E-state index >= 15 is 0 Å². The van der Waals surface area contributed by atoms with Crippen molar-refractivity contribution in [2.24, 2.45) is 0 Å². The van der Waals surface area contributed by atoms with E-state index in [0.29, 0.717) is 17.7 Å². The number of rotatable bonds is 3. The van der Waals surface area contributed by atoms with Crippen molar-refractivity contribution in [1.29, 1.82) is 0 Å². The molecule has 0 radical (unpaired) electrons. The highest BCUT2D eigenvalue weighted by Gasteiger charge is 2.40. The lowest BCUT2D eigenvalue weighted by Crippen LogP contribution is -2.23. The second-order valence-corrected chi connectivity index (χ2v) is 10.4. The molecule has 0 saturated heterocycles. The van der Waals surface area contributed by atoms with Crippen LogP contribution < -0.4 is 4.90 Å². The van der Waals surface area contributed by atoms with Crippen molar-refractivity contribution in [1.82, 2.24) is 34.5 Å². The highest BCUT2D eigenvalue weighted by atomic mass is 15.4. The molecule has 0 bridgehead atoms. The van der Waals surface area contributed by atoms with Gasteiger partial charge in [0.2, 0.25) is 0 Å². The summed E-state index contributed by atoms with van der Waals surface area (Å²) in [5, 5.41) is 11.8. The Labute approximate surface area is 216 Å². The van der Waals surface area contributed by atoms with Gasteiger partial charge in [-0.15, -0.1) is 0 Å². The van der Waals surface area contributed by atoms with Gasteiger partial charge < -0.3 is 4.90 Å². The normalized spacial score (nSPS) is 15.6. The summed E-state index contributed by atoms with van der Waals surface area (Å²) in [6, 6.07) is 17.0. The van der Waals surface area contributed by atoms with Crippen molar-refractivity contribution < 1.29 is 0 Å². The molecule has 8 heteroatoms. The van der Waals surface area contributed by atoms with Crippen molar-refractivity contribution in [2.45, 2.75) is 47.0 Å². The van der Waals surface area contributed by atoms with Gasteiger partial charge in [0.25, 0.3) is 11.9 Å². The van der Waals surface area contributed by atoms with E-state index in [-0.39, 0.29) is 5.41 Å². The van der Waals surface area contributed by atoms with E-state index in [1.165, 1.54) is 22.0 Å². The average Bonchev–Trinajstić information content (AvgIpc) is 3.45. The third kappa shape index (κ3) is 3.63. The summed E-state index contributed by atoms with van der Waals surface area (Å²) in [5.74, 6) is 1.50. The monoisotopic (exact) mass is 490 g/mol. The van der Waals surface area contributed by atoms with Crippen molar-refractivity contribution in [3.8, 4) is 11.9 Å². The van der Waals surface area contributed by atoms with Crippen LogP contribution in [-0.2, 0) is 5.41 Å². The second kappa shape index (κ2) is 8.09. The van der Waals surface area contributed by atoms with Gasteiger partial charge in [-0.25, -0.2) is 9.36 Å². The van der Waals surface area contributed by atoms with Gasteiger partial charge in [-0.05, 0) is 62.2 Å². The molecule has 1 aliphatic heterocycles. The number of aryl methyl sites for hydroxylation is 4. The molecule has 0 aliphatic carbocycles. The van der Waals surface area contributed by atoms with Crippen LogP contribution in [0.3, 0.4) is 0 Å². The maximum atomic E-state index is 4.86. The van der Waals surface area contributed by atoms with Crippen molar-refractivity contribution in [3.05, 3.63) is 88.4 Å². The first-order valence-corrected chi connectivity index (χ1v) is 12.4. The maximum absolute atomic E-state index is 4.86. The largest absolute Gasteiger partial charge is 0.347 e. The zero-order chi connectivity index (χ0) is 26.1. The number of allylic oxidation sites excluding steroid dienone is 1. The standard InChI is InChI=1S/C29H30N8/c1-17-14-19(3)36(33-17)27-30-25(31-28(32-27)37-20(4)15-18(2)34-37)16-24-29(5,6)26-22-11-9-8-10-21(22)12-13-23(26)35(24)7/h8-16H,1-7H3. The lowest BCUT2D eigenvalue weighted by Gasteiger charge is -2.24. The first-order chi connectivity index (χ1) is 17.6. The van der Waals surface area contributed by atoms with Crippen molar-refractivity contribution in [3.63, 3.8) is 0 Å². The van der Waals surface area contributed by atoms with Gasteiger partial charge in [-0.2, -0.15) is 25.1 Å². The molecular formula is C29H30N8. The molecule has 0 saturated carbocycles. The number of likely N-dealkylation sites (N-methyl/N-ethyl adjacent to an activating group) is 1. The molecule has 3 aromatic heterocycles. The van der Waals surface area contributed by atoms with Crippen LogP contribution in [-0.4, -0.2) is 41.6 Å². The fourth-order valence-electron chi connectivity index (χ4n) is 5.56. The van der Waals surface area contributed by atoms with Crippen LogP contribution in [0.2, 0.25) is 0 Å². The number of benzene rings is 2. The van der Waals surface area contributed by atoms with Gasteiger partial charge >= 0.3 is 0 Å². The third-order valence-electron chi connectivity index (χ3n) is 7.19. The molecule has 4 heterocycles. The number of anilines is 1. The number of hydrogen-bond donors (Lipinski definition) is 0. The third-order valence-corrected chi connectivity index (χ3v) is 7.19. The highest BCUT2D eigenvalue weighted by Crippen LogP contribution is 2.50. The molecule has 0 fully saturated rings. The maximum Gasteiger partial charge on any atom is 0.256 e. The smallest absolute Gasteiger partial charge is 0.256 e. The molecule has 186 valence electrons. The number of hydrogen-bond acceptors (Lipinski definition) is 6. The fourth-order valence-corrected chi connectivity index (χ4v) is 5.56. The summed E-state index contributed by atoms with van der Waals surface area (Å²) >= 11 is 0. The Balaban J connectivity index is 1.56. The van der Waals surface area contributed by atoms with Crippen LogP contribution >= 0.6 is 0 Å². The Morgan fingerprint density at radius 2 is 1.35 bits per heavy atom. The van der Waals surface area contributed by atoms with Crippen LogP contribution in [0.5, 0.6) is 0 Å². The quantitative estimate of drug-likeness (QED) is 0.337. The van der Waals surface area contributed by atoms with Crippen LogP contribution in [0.1, 0.15) is 48.0 Å². The van der Waals surface area contributed by atoms with Crippen LogP contribution in [0.25, 0.3) is 28.7 Å². The van der Waals surface area contributed by atoms with Crippen molar-refractivity contribution in [2.75, 3.05) is 11.9 Å². The van der Waals surface area contributed by atoms with Gasteiger partial charge in [0.15, 0.2) is 5.82 Å². The van der Waals surface area contributed by atoms with E-state index in [9.17, 15) is 0 Å². The Kier molecular flexibility index (Phi) is 5.05. The minimum absolute atomic E-state index is 0.256. The van der Waals surface area contributed by atoms with Gasteiger partial charge in [-0.1, -0.05) is 44.2 Å². The summed E-state index contributed by atoms with van der Waals surface area (Å²) in [7, 11) is 2.11. The first-order valence-electron chi connectivity index (χ1n) is 12.4. The zero-order valence-corrected chi connectivity index (χ0v) is 22.3. The van der Waals surface area contributed by atoms with E-state index < -0.39 is 0 Å². The molecule has 1 aliphatic rings. The summed E-state index contributed by atoms with van der Waals surface area (Å²) in [5.41, 5.74) is 7.09. The Morgan fingerprint density at radius 1 is 0.757 bits per heavy atom. The molecule has 0 atom stereocenters. The molecule has 0 unspecified atom stereocenters. The van der Waals surface area contributed by atoms with Gasteiger partial charge in [0.1, 0.15) is 0 Å². The van der Waals surface area contributed by atoms with Crippen LogP contribution in [0.4, 0.5) is 5.69 Å². The van der Waals surface area contributed by atoms with Gasteiger partial charge in [0.05, 0.1) is 11.4 Å². The molecule has 5 aromatic rings. The highest BCUT2D eigenvalue weighted by molar-refractivity contribution is 5.95. The van der Waals surface area contributed by atoms with Crippen LogP contribution in [0, 0.1) is 27.7 Å². The SMILES string of the molecule is Cc1cc(C)n(-c2nc(C=C3N(C)c4ccc5ccccc5c4C3(C)C)nc(-n3nc(C)cc3C)n2)n1. The van der Waals surface area contributed by atoms with E-state index in [4.69, 9.17) is 15.0 Å². The number of fused-ring (bicyclic) bond motifs is 3. The topological polar surface area (TPSA) is 77.5 Å². The average molecular weight is 491 g/mol. The molecule has 0 N–H and O–H groups in total. The molecule has 0 spiro atoms. The predicted octanol–water partition coefficient (Wildman–Crippen LogP) is 5.40. The molecule has 0 amide bonds. The summed E-state index contributed by atoms with van der Waals surface area (Å²) in [6.45, 7) is 12.5. The van der Waals surface area contributed by atoms with Crippen molar-refractivity contribution >= 4 is 22.5 Å². The lowest BCUT2D eigenvalue weighted by atomic mass is 9.81. The minimum atomic E-state index is -0.256. The Bertz CT molecular complexity index is 1660. The Morgan fingerprint density at radius 3 is 1.92 bits per heavy atom. The Hall–Kier alpha value is -4.33. The lowest BCUT2D eigenvalue weighted by molar-refractivity contribution is 0.648. The summed E-state index contributed by atoms with van der Waals surface area (Å²) < 4.78 is 3.53. The first kappa shape index (κ1) is 23.1. The molecule has 2 aromatic carbocycles. The number of aromatic nitrogens is 7. The van der Waals surface area contributed by atoms with E-state index in [0.717, 1.165) is 28.5 Å². The van der Waals surface area contributed by atoms with E-state index in [1.807, 2.05) is 39.8 Å². The van der Waals surface area contributed by atoms with Gasteiger partial charge in [-0.3, -0.25) is 0 Å². The molecular weight excluding hydrogens is 460 g/mol.